The van der Waals surface area contributed by atoms with E-state index in [0.29, 0.717) is 29.8 Å². The van der Waals surface area contributed by atoms with Gasteiger partial charge < -0.3 is 0 Å². The number of amides is 2. The number of hydrogen-bond acceptors (Lipinski definition) is 4. The lowest BCUT2D eigenvalue weighted by atomic mass is 9.93. The topological polar surface area (TPSA) is 79.0 Å². The van der Waals surface area contributed by atoms with Crippen molar-refractivity contribution in [1.82, 2.24) is 14.7 Å². The molecule has 1 aliphatic rings. The number of benzene rings is 2. The first-order valence-corrected chi connectivity index (χ1v) is 11.4. The normalized spacial score (nSPS) is 15.2. The van der Waals surface area contributed by atoms with E-state index in [1.165, 1.54) is 4.90 Å². The van der Waals surface area contributed by atoms with E-state index in [0.717, 1.165) is 29.7 Å². The molecule has 34 heavy (non-hydrogen) atoms. The van der Waals surface area contributed by atoms with Crippen LogP contribution in [0.25, 0.3) is 23.0 Å². The van der Waals surface area contributed by atoms with Crippen LogP contribution in [0.3, 0.4) is 0 Å². The number of aromatic nitrogens is 2. The summed E-state index contributed by atoms with van der Waals surface area (Å²) in [7, 11) is 0. The molecule has 0 N–H and O–H groups in total. The van der Waals surface area contributed by atoms with Gasteiger partial charge in [-0.1, -0.05) is 68.3 Å². The van der Waals surface area contributed by atoms with E-state index in [9.17, 15) is 14.9 Å². The number of para-hydroxylation sites is 1. The maximum absolute atomic E-state index is 13.4. The van der Waals surface area contributed by atoms with Gasteiger partial charge in [-0.15, -0.1) is 0 Å². The number of unbranched alkanes of at least 4 members (excludes halogenated alkanes) is 2. The standard InChI is InChI=1S/C28H26N4O2/c1-3-4-11-16-31-27(33)24(20(2)25(18-29)28(31)34)17-22-19-32(23-14-9-6-10-15-23)30-26(22)21-12-7-5-8-13-21/h5-10,12-15,17,19H,3-4,11,16H2,1-2H3/b24-17+. The van der Waals surface area contributed by atoms with Crippen LogP contribution in [-0.2, 0) is 9.59 Å². The van der Waals surface area contributed by atoms with Crippen LogP contribution in [0.5, 0.6) is 0 Å². The SMILES string of the molecule is CCCCCN1C(=O)C(C#N)=C(C)/C(=C\c2cn(-c3ccccc3)nc2-c2ccccc2)C1=O. The van der Waals surface area contributed by atoms with Crippen molar-refractivity contribution in [3.8, 4) is 23.0 Å². The maximum Gasteiger partial charge on any atom is 0.271 e. The molecule has 0 fully saturated rings. The Morgan fingerprint density at radius 2 is 1.65 bits per heavy atom. The average Bonchev–Trinajstić information content (AvgIpc) is 3.29. The number of carbonyl (C=O) groups excluding carboxylic acids is 2. The highest BCUT2D eigenvalue weighted by Crippen LogP contribution is 2.31. The Bertz CT molecular complexity index is 1310. The summed E-state index contributed by atoms with van der Waals surface area (Å²) in [5.41, 5.74) is 4.00. The summed E-state index contributed by atoms with van der Waals surface area (Å²) in [5.74, 6) is -0.884. The summed E-state index contributed by atoms with van der Waals surface area (Å²) >= 11 is 0. The predicted molar refractivity (Wildman–Crippen MR) is 132 cm³/mol. The minimum absolute atomic E-state index is 0.0130. The number of carbonyl (C=O) groups is 2. The molecule has 2 amide bonds. The Morgan fingerprint density at radius 1 is 0.971 bits per heavy atom. The van der Waals surface area contributed by atoms with E-state index < -0.39 is 5.91 Å². The Labute approximate surface area is 199 Å². The van der Waals surface area contributed by atoms with Crippen molar-refractivity contribution in [2.45, 2.75) is 33.1 Å². The molecule has 0 bridgehead atoms. The molecule has 6 heteroatoms. The second kappa shape index (κ2) is 10.1. The van der Waals surface area contributed by atoms with Crippen LogP contribution in [0, 0.1) is 11.3 Å². The van der Waals surface area contributed by atoms with Crippen LogP contribution in [-0.4, -0.2) is 33.0 Å². The van der Waals surface area contributed by atoms with Crippen molar-refractivity contribution in [3.63, 3.8) is 0 Å². The number of rotatable bonds is 7. The second-order valence-corrected chi connectivity index (χ2v) is 8.22. The van der Waals surface area contributed by atoms with E-state index in [1.54, 1.807) is 17.7 Å². The smallest absolute Gasteiger partial charge is 0.271 e. The lowest BCUT2D eigenvalue weighted by Gasteiger charge is -2.27. The zero-order chi connectivity index (χ0) is 24.1. The van der Waals surface area contributed by atoms with Crippen LogP contribution >= 0.6 is 0 Å². The van der Waals surface area contributed by atoms with E-state index in [2.05, 4.69) is 6.92 Å². The molecule has 0 radical (unpaired) electrons. The van der Waals surface area contributed by atoms with Gasteiger partial charge in [0.2, 0.25) is 0 Å². The van der Waals surface area contributed by atoms with Crippen molar-refractivity contribution in [1.29, 1.82) is 5.26 Å². The lowest BCUT2D eigenvalue weighted by Crippen LogP contribution is -2.43. The number of imide groups is 1. The van der Waals surface area contributed by atoms with Gasteiger partial charge in [0, 0.05) is 29.4 Å². The largest absolute Gasteiger partial charge is 0.274 e. The van der Waals surface area contributed by atoms with Gasteiger partial charge in [-0.2, -0.15) is 10.4 Å². The third-order valence-corrected chi connectivity index (χ3v) is 5.92. The second-order valence-electron chi connectivity index (χ2n) is 8.22. The molecule has 2 aromatic carbocycles. The van der Waals surface area contributed by atoms with Crippen molar-refractivity contribution in [2.24, 2.45) is 0 Å². The van der Waals surface area contributed by atoms with Crippen LogP contribution in [0.1, 0.15) is 38.7 Å². The van der Waals surface area contributed by atoms with Crippen molar-refractivity contribution in [3.05, 3.63) is 89.1 Å². The third-order valence-electron chi connectivity index (χ3n) is 5.92. The molecule has 0 unspecified atom stereocenters. The molecule has 0 saturated heterocycles. The molecule has 1 aliphatic heterocycles. The fourth-order valence-electron chi connectivity index (χ4n) is 4.03. The van der Waals surface area contributed by atoms with E-state index in [1.807, 2.05) is 72.9 Å². The minimum atomic E-state index is -0.512. The van der Waals surface area contributed by atoms with Crippen LogP contribution in [0.2, 0.25) is 0 Å². The summed E-state index contributed by atoms with van der Waals surface area (Å²) in [5, 5.41) is 14.5. The third kappa shape index (κ3) is 4.46. The molecule has 2 heterocycles. The molecule has 0 atom stereocenters. The van der Waals surface area contributed by atoms with Gasteiger partial charge in [-0.25, -0.2) is 4.68 Å². The highest BCUT2D eigenvalue weighted by atomic mass is 16.2. The van der Waals surface area contributed by atoms with Crippen molar-refractivity contribution < 1.29 is 9.59 Å². The summed E-state index contributed by atoms with van der Waals surface area (Å²) in [6.45, 7) is 4.02. The Balaban J connectivity index is 1.85. The number of hydrogen-bond donors (Lipinski definition) is 0. The van der Waals surface area contributed by atoms with Gasteiger partial charge in [0.05, 0.1) is 11.4 Å². The van der Waals surface area contributed by atoms with Crippen LogP contribution < -0.4 is 0 Å². The van der Waals surface area contributed by atoms with Gasteiger partial charge >= 0.3 is 0 Å². The molecular weight excluding hydrogens is 424 g/mol. The zero-order valence-electron chi connectivity index (χ0n) is 19.4. The quantitative estimate of drug-likeness (QED) is 0.277. The van der Waals surface area contributed by atoms with E-state index >= 15 is 0 Å². The van der Waals surface area contributed by atoms with Crippen LogP contribution in [0.4, 0.5) is 0 Å². The van der Waals surface area contributed by atoms with Gasteiger partial charge in [-0.05, 0) is 37.1 Å². The molecule has 0 spiro atoms. The minimum Gasteiger partial charge on any atom is -0.274 e. The molecule has 4 rings (SSSR count). The summed E-state index contributed by atoms with van der Waals surface area (Å²) in [6, 6.07) is 21.5. The first-order chi connectivity index (χ1) is 16.5. The highest BCUT2D eigenvalue weighted by Gasteiger charge is 2.35. The molecular formula is C28H26N4O2. The number of nitriles is 1. The summed E-state index contributed by atoms with van der Waals surface area (Å²) < 4.78 is 1.77. The first-order valence-electron chi connectivity index (χ1n) is 11.4. The monoisotopic (exact) mass is 450 g/mol. The molecule has 0 saturated carbocycles. The zero-order valence-corrected chi connectivity index (χ0v) is 19.4. The molecule has 170 valence electrons. The van der Waals surface area contributed by atoms with Gasteiger partial charge in [0.25, 0.3) is 11.8 Å². The Morgan fingerprint density at radius 3 is 2.29 bits per heavy atom. The summed E-state index contributed by atoms with van der Waals surface area (Å²) in [4.78, 5) is 27.4. The number of nitrogens with zero attached hydrogens (tertiary/aromatic N) is 4. The van der Waals surface area contributed by atoms with Gasteiger partial charge in [0.1, 0.15) is 11.6 Å². The lowest BCUT2D eigenvalue weighted by molar-refractivity contribution is -0.140. The highest BCUT2D eigenvalue weighted by molar-refractivity contribution is 6.19. The fraction of sp³-hybridized carbons (Fsp3) is 0.214. The van der Waals surface area contributed by atoms with Crippen molar-refractivity contribution >= 4 is 17.9 Å². The molecule has 3 aromatic rings. The fourth-order valence-corrected chi connectivity index (χ4v) is 4.03. The van der Waals surface area contributed by atoms with Gasteiger partial charge in [0.15, 0.2) is 0 Å². The van der Waals surface area contributed by atoms with Crippen molar-refractivity contribution in [2.75, 3.05) is 6.54 Å². The maximum atomic E-state index is 13.4. The predicted octanol–water partition coefficient (Wildman–Crippen LogP) is 5.32. The molecule has 1 aromatic heterocycles. The van der Waals surface area contributed by atoms with Crippen LogP contribution in [0.15, 0.2) is 83.6 Å². The van der Waals surface area contributed by atoms with E-state index in [-0.39, 0.29) is 11.5 Å². The summed E-state index contributed by atoms with van der Waals surface area (Å²) in [6.07, 6.45) is 6.21. The van der Waals surface area contributed by atoms with Gasteiger partial charge in [-0.3, -0.25) is 14.5 Å². The Hall–Kier alpha value is -4.24. The molecule has 0 aliphatic carbocycles. The first kappa shape index (κ1) is 22.9. The average molecular weight is 451 g/mol. The van der Waals surface area contributed by atoms with E-state index in [4.69, 9.17) is 5.10 Å². The Kier molecular flexibility index (Phi) is 6.84. The molecule has 6 nitrogen and oxygen atoms in total.